The van der Waals surface area contributed by atoms with Gasteiger partial charge in [-0.3, -0.25) is 20.4 Å². The molecule has 0 bridgehead atoms. The van der Waals surface area contributed by atoms with Gasteiger partial charge in [-0.05, 0) is 52.9 Å². The zero-order chi connectivity index (χ0) is 18.2. The van der Waals surface area contributed by atoms with Gasteiger partial charge >= 0.3 is 0 Å². The van der Waals surface area contributed by atoms with Gasteiger partial charge in [0, 0.05) is 5.56 Å². The number of benzene rings is 2. The molecule has 2 aromatic rings. The average molecular weight is 456 g/mol. The Morgan fingerprint density at radius 1 is 0.960 bits per heavy atom. The fourth-order valence-electron chi connectivity index (χ4n) is 1.92. The molecule has 0 aliphatic carbocycles. The van der Waals surface area contributed by atoms with Crippen molar-refractivity contribution in [3.63, 3.8) is 0 Å². The maximum atomic E-state index is 12.0. The lowest BCUT2D eigenvalue weighted by Gasteiger charge is -2.11. The van der Waals surface area contributed by atoms with Crippen LogP contribution in [0.3, 0.4) is 0 Å². The smallest absolute Gasteiger partial charge is 0.276 e. The number of carbonyl (C=O) groups is 2. The molecule has 0 aliphatic heterocycles. The van der Waals surface area contributed by atoms with Crippen LogP contribution < -0.4 is 25.1 Å². The van der Waals surface area contributed by atoms with Crippen molar-refractivity contribution in [2.24, 2.45) is 0 Å². The lowest BCUT2D eigenvalue weighted by molar-refractivity contribution is -0.123. The molecule has 2 aromatic carbocycles. The predicted octanol–water partition coefficient (Wildman–Crippen LogP) is 2.15. The van der Waals surface area contributed by atoms with E-state index in [-0.39, 0.29) is 6.61 Å². The molecule has 25 heavy (non-hydrogen) atoms. The van der Waals surface area contributed by atoms with Crippen LogP contribution in [-0.2, 0) is 4.79 Å². The number of carbonyl (C=O) groups excluding carboxylic acids is 2. The lowest BCUT2D eigenvalue weighted by Crippen LogP contribution is -2.43. The minimum Gasteiger partial charge on any atom is -0.496 e. The maximum Gasteiger partial charge on any atom is 0.276 e. The standard InChI is InChI=1S/C17H17IN2O5/c1-23-13-8-7-11(9-12(13)18)17(22)20-19-16(21)10-25-15-6-4-3-5-14(15)24-2/h3-9H,10H2,1-2H3,(H,19,21)(H,20,22). The van der Waals surface area contributed by atoms with Crippen LogP contribution in [0.2, 0.25) is 0 Å². The third kappa shape index (κ3) is 5.24. The number of hydrogen-bond donors (Lipinski definition) is 2. The summed E-state index contributed by atoms with van der Waals surface area (Å²) in [4.78, 5) is 23.9. The molecule has 7 nitrogen and oxygen atoms in total. The number of ether oxygens (including phenoxy) is 3. The second kappa shape index (κ2) is 9.11. The van der Waals surface area contributed by atoms with E-state index in [0.29, 0.717) is 22.8 Å². The highest BCUT2D eigenvalue weighted by Crippen LogP contribution is 2.25. The molecule has 0 heterocycles. The summed E-state index contributed by atoms with van der Waals surface area (Å²) in [6.07, 6.45) is 0. The summed E-state index contributed by atoms with van der Waals surface area (Å²) in [6.45, 7) is -0.263. The van der Waals surface area contributed by atoms with Gasteiger partial charge < -0.3 is 14.2 Å². The van der Waals surface area contributed by atoms with Gasteiger partial charge in [0.2, 0.25) is 0 Å². The van der Waals surface area contributed by atoms with Gasteiger partial charge in [0.25, 0.3) is 11.8 Å². The highest BCUT2D eigenvalue weighted by molar-refractivity contribution is 14.1. The number of para-hydroxylation sites is 2. The van der Waals surface area contributed by atoms with Crippen molar-refractivity contribution >= 4 is 34.4 Å². The second-order valence-electron chi connectivity index (χ2n) is 4.79. The first kappa shape index (κ1) is 18.8. The van der Waals surface area contributed by atoms with Gasteiger partial charge in [0.05, 0.1) is 17.8 Å². The molecule has 0 fully saturated rings. The molecule has 0 saturated heterocycles. The first-order chi connectivity index (χ1) is 12.0. The summed E-state index contributed by atoms with van der Waals surface area (Å²) < 4.78 is 16.4. The number of halogens is 1. The highest BCUT2D eigenvalue weighted by Gasteiger charge is 2.11. The van der Waals surface area contributed by atoms with Gasteiger partial charge in [-0.2, -0.15) is 0 Å². The van der Waals surface area contributed by atoms with Gasteiger partial charge in [-0.15, -0.1) is 0 Å². The third-order valence-electron chi connectivity index (χ3n) is 3.16. The molecule has 0 atom stereocenters. The molecule has 0 radical (unpaired) electrons. The quantitative estimate of drug-likeness (QED) is 0.514. The zero-order valence-electron chi connectivity index (χ0n) is 13.7. The molecule has 132 valence electrons. The van der Waals surface area contributed by atoms with E-state index in [9.17, 15) is 9.59 Å². The molecule has 0 spiro atoms. The highest BCUT2D eigenvalue weighted by atomic mass is 127. The SMILES string of the molecule is COc1ccc(C(=O)NNC(=O)COc2ccccc2OC)cc1I. The molecule has 2 amide bonds. The van der Waals surface area contributed by atoms with Crippen molar-refractivity contribution in [3.8, 4) is 17.2 Å². The first-order valence-electron chi connectivity index (χ1n) is 7.23. The summed E-state index contributed by atoms with van der Waals surface area (Å²) in [5.74, 6) is 0.698. The van der Waals surface area contributed by atoms with E-state index >= 15 is 0 Å². The van der Waals surface area contributed by atoms with Crippen molar-refractivity contribution in [1.82, 2.24) is 10.9 Å². The van der Waals surface area contributed by atoms with Crippen LogP contribution in [0.5, 0.6) is 17.2 Å². The van der Waals surface area contributed by atoms with Crippen LogP contribution in [-0.4, -0.2) is 32.6 Å². The first-order valence-corrected chi connectivity index (χ1v) is 8.31. The van der Waals surface area contributed by atoms with E-state index in [2.05, 4.69) is 33.4 Å². The van der Waals surface area contributed by atoms with E-state index in [1.54, 1.807) is 49.6 Å². The Hall–Kier alpha value is -2.49. The van der Waals surface area contributed by atoms with E-state index in [1.165, 1.54) is 7.11 Å². The summed E-state index contributed by atoms with van der Waals surface area (Å²) in [7, 11) is 3.07. The van der Waals surface area contributed by atoms with Gasteiger partial charge in [0.1, 0.15) is 5.75 Å². The van der Waals surface area contributed by atoms with E-state index in [4.69, 9.17) is 14.2 Å². The maximum absolute atomic E-state index is 12.0. The monoisotopic (exact) mass is 456 g/mol. The van der Waals surface area contributed by atoms with Gasteiger partial charge in [-0.1, -0.05) is 12.1 Å². The second-order valence-corrected chi connectivity index (χ2v) is 5.95. The van der Waals surface area contributed by atoms with Crippen molar-refractivity contribution in [3.05, 3.63) is 51.6 Å². The molecule has 0 saturated carbocycles. The number of rotatable bonds is 6. The van der Waals surface area contributed by atoms with Crippen LogP contribution in [0.15, 0.2) is 42.5 Å². The number of hydrazine groups is 1. The largest absolute Gasteiger partial charge is 0.496 e. The topological polar surface area (TPSA) is 85.9 Å². The van der Waals surface area contributed by atoms with Crippen molar-refractivity contribution in [2.75, 3.05) is 20.8 Å². The Bertz CT molecular complexity index is 766. The number of amides is 2. The van der Waals surface area contributed by atoms with E-state index in [1.807, 2.05) is 0 Å². The van der Waals surface area contributed by atoms with Crippen LogP contribution >= 0.6 is 22.6 Å². The van der Waals surface area contributed by atoms with Crippen LogP contribution in [0.25, 0.3) is 0 Å². The normalized spacial score (nSPS) is 9.88. The summed E-state index contributed by atoms with van der Waals surface area (Å²) in [5.41, 5.74) is 5.03. The Labute approximate surface area is 158 Å². The number of hydrogen-bond acceptors (Lipinski definition) is 5. The predicted molar refractivity (Wildman–Crippen MR) is 99.8 cm³/mol. The number of nitrogens with one attached hydrogen (secondary N) is 2. The molecule has 0 aliphatic rings. The summed E-state index contributed by atoms with van der Waals surface area (Å²) >= 11 is 2.06. The van der Waals surface area contributed by atoms with E-state index < -0.39 is 11.8 Å². The zero-order valence-corrected chi connectivity index (χ0v) is 15.8. The Morgan fingerprint density at radius 2 is 1.64 bits per heavy atom. The average Bonchev–Trinajstić information content (AvgIpc) is 2.64. The Kier molecular flexibility index (Phi) is 6.87. The van der Waals surface area contributed by atoms with Crippen molar-refractivity contribution in [1.29, 1.82) is 0 Å². The molecule has 2 N–H and O–H groups in total. The van der Waals surface area contributed by atoms with Gasteiger partial charge in [0.15, 0.2) is 18.1 Å². The Balaban J connectivity index is 1.85. The molecule has 2 rings (SSSR count). The summed E-state index contributed by atoms with van der Waals surface area (Å²) in [5, 5.41) is 0. The molecular weight excluding hydrogens is 439 g/mol. The Morgan fingerprint density at radius 3 is 2.28 bits per heavy atom. The third-order valence-corrected chi connectivity index (χ3v) is 4.00. The number of methoxy groups -OCH3 is 2. The van der Waals surface area contributed by atoms with Crippen LogP contribution in [0, 0.1) is 3.57 Å². The fourth-order valence-corrected chi connectivity index (χ4v) is 2.66. The lowest BCUT2D eigenvalue weighted by atomic mass is 10.2. The van der Waals surface area contributed by atoms with Crippen molar-refractivity contribution in [2.45, 2.75) is 0 Å². The summed E-state index contributed by atoms with van der Waals surface area (Å²) in [6, 6.07) is 11.9. The molecular formula is C17H17IN2O5. The minimum absolute atomic E-state index is 0.263. The molecule has 0 unspecified atom stereocenters. The molecule has 0 aromatic heterocycles. The minimum atomic E-state index is -0.498. The fraction of sp³-hybridized carbons (Fsp3) is 0.176. The van der Waals surface area contributed by atoms with Crippen LogP contribution in [0.4, 0.5) is 0 Å². The van der Waals surface area contributed by atoms with Gasteiger partial charge in [-0.25, -0.2) is 0 Å². The van der Waals surface area contributed by atoms with Crippen LogP contribution in [0.1, 0.15) is 10.4 Å². The van der Waals surface area contributed by atoms with Crippen molar-refractivity contribution < 1.29 is 23.8 Å². The molecule has 8 heteroatoms. The van der Waals surface area contributed by atoms with E-state index in [0.717, 1.165) is 3.57 Å².